The molecule has 1 heterocycles. The van der Waals surface area contributed by atoms with Crippen LogP contribution in [0.3, 0.4) is 0 Å². The molecular weight excluding hydrogens is 236 g/mol. The molecule has 0 bridgehead atoms. The van der Waals surface area contributed by atoms with Crippen LogP contribution in [0.2, 0.25) is 0 Å². The second-order valence-corrected chi connectivity index (χ2v) is 5.36. The minimum atomic E-state index is -0.615. The first-order chi connectivity index (χ1) is 8.46. The van der Waals surface area contributed by atoms with Crippen molar-refractivity contribution < 1.29 is 13.9 Å². The van der Waals surface area contributed by atoms with E-state index in [1.54, 1.807) is 0 Å². The molecule has 2 nitrogen and oxygen atoms in total. The summed E-state index contributed by atoms with van der Waals surface area (Å²) in [4.78, 5) is 2.11. The maximum atomic E-state index is 13.5. The Hall–Kier alpha value is -1.00. The van der Waals surface area contributed by atoms with Crippen molar-refractivity contribution in [2.24, 2.45) is 0 Å². The lowest BCUT2D eigenvalue weighted by Gasteiger charge is -2.22. The van der Waals surface area contributed by atoms with Crippen molar-refractivity contribution in [1.29, 1.82) is 0 Å². The summed E-state index contributed by atoms with van der Waals surface area (Å²) in [6.45, 7) is 3.90. The second kappa shape index (κ2) is 5.33. The zero-order valence-electron chi connectivity index (χ0n) is 10.6. The fourth-order valence-electron chi connectivity index (χ4n) is 2.37. The quantitative estimate of drug-likeness (QED) is 0.878. The number of nitrogens with zero attached hydrogens (tertiary/aromatic N) is 1. The zero-order chi connectivity index (χ0) is 13.2. The molecule has 0 aliphatic carbocycles. The molecule has 1 aliphatic rings. The van der Waals surface area contributed by atoms with Crippen molar-refractivity contribution in [1.82, 2.24) is 4.90 Å². The average Bonchev–Trinajstić information content (AvgIpc) is 2.44. The standard InChI is InChI=1S/C14H19F2NO/c1-14(18)5-2-7-17(8-6-14)10-11-3-4-12(15)9-13(11)16/h3-4,9,18H,2,5-8,10H2,1H3. The zero-order valence-corrected chi connectivity index (χ0v) is 10.6. The van der Waals surface area contributed by atoms with Gasteiger partial charge >= 0.3 is 0 Å². The number of aliphatic hydroxyl groups is 1. The van der Waals surface area contributed by atoms with Crippen LogP contribution in [0, 0.1) is 11.6 Å². The van der Waals surface area contributed by atoms with Crippen LogP contribution in [0.1, 0.15) is 31.7 Å². The van der Waals surface area contributed by atoms with Gasteiger partial charge in [0.25, 0.3) is 0 Å². The number of rotatable bonds is 2. The fraction of sp³-hybridized carbons (Fsp3) is 0.571. The number of hydrogen-bond acceptors (Lipinski definition) is 2. The van der Waals surface area contributed by atoms with Crippen LogP contribution in [0.5, 0.6) is 0 Å². The highest BCUT2D eigenvalue weighted by molar-refractivity contribution is 5.18. The molecule has 1 atom stereocenters. The van der Waals surface area contributed by atoms with Gasteiger partial charge in [0.15, 0.2) is 0 Å². The Morgan fingerprint density at radius 1 is 1.28 bits per heavy atom. The first-order valence-electron chi connectivity index (χ1n) is 6.35. The molecule has 2 rings (SSSR count). The highest BCUT2D eigenvalue weighted by Gasteiger charge is 2.25. The van der Waals surface area contributed by atoms with Crippen LogP contribution in [-0.4, -0.2) is 28.7 Å². The number of benzene rings is 1. The normalized spacial score (nSPS) is 26.0. The molecule has 1 aromatic carbocycles. The van der Waals surface area contributed by atoms with Crippen molar-refractivity contribution in [3.63, 3.8) is 0 Å². The van der Waals surface area contributed by atoms with Gasteiger partial charge in [-0.1, -0.05) is 6.07 Å². The Morgan fingerprint density at radius 2 is 2.06 bits per heavy atom. The predicted octanol–water partition coefficient (Wildman–Crippen LogP) is 2.70. The lowest BCUT2D eigenvalue weighted by atomic mass is 9.98. The average molecular weight is 255 g/mol. The molecule has 100 valence electrons. The summed E-state index contributed by atoms with van der Waals surface area (Å²) in [6, 6.07) is 3.70. The fourth-order valence-corrected chi connectivity index (χ4v) is 2.37. The minimum absolute atomic E-state index is 0.474. The van der Waals surface area contributed by atoms with Crippen LogP contribution in [0.4, 0.5) is 8.78 Å². The van der Waals surface area contributed by atoms with Crippen LogP contribution >= 0.6 is 0 Å². The molecule has 1 unspecified atom stereocenters. The molecule has 0 aromatic heterocycles. The van der Waals surface area contributed by atoms with E-state index in [1.165, 1.54) is 12.1 Å². The molecule has 1 aromatic rings. The van der Waals surface area contributed by atoms with Crippen molar-refractivity contribution in [2.75, 3.05) is 13.1 Å². The lowest BCUT2D eigenvalue weighted by molar-refractivity contribution is 0.0444. The third-order valence-corrected chi connectivity index (χ3v) is 3.57. The van der Waals surface area contributed by atoms with Gasteiger partial charge in [0.2, 0.25) is 0 Å². The van der Waals surface area contributed by atoms with Crippen molar-refractivity contribution >= 4 is 0 Å². The Balaban J connectivity index is 2.01. The van der Waals surface area contributed by atoms with E-state index in [-0.39, 0.29) is 0 Å². The molecule has 1 fully saturated rings. The van der Waals surface area contributed by atoms with Crippen molar-refractivity contribution in [3.8, 4) is 0 Å². The van der Waals surface area contributed by atoms with Gasteiger partial charge in [-0.3, -0.25) is 4.90 Å². The number of halogens is 2. The molecule has 18 heavy (non-hydrogen) atoms. The monoisotopic (exact) mass is 255 g/mol. The van der Waals surface area contributed by atoms with E-state index < -0.39 is 17.2 Å². The van der Waals surface area contributed by atoms with Gasteiger partial charge in [0.1, 0.15) is 11.6 Å². The van der Waals surface area contributed by atoms with Gasteiger partial charge in [-0.2, -0.15) is 0 Å². The van der Waals surface area contributed by atoms with Crippen molar-refractivity contribution in [3.05, 3.63) is 35.4 Å². The summed E-state index contributed by atoms with van der Waals surface area (Å²) in [7, 11) is 0. The van der Waals surface area contributed by atoms with E-state index in [1.807, 2.05) is 6.92 Å². The summed E-state index contributed by atoms with van der Waals surface area (Å²) >= 11 is 0. The third kappa shape index (κ3) is 3.50. The Morgan fingerprint density at radius 3 is 2.78 bits per heavy atom. The first-order valence-corrected chi connectivity index (χ1v) is 6.35. The molecule has 0 saturated carbocycles. The number of likely N-dealkylation sites (tertiary alicyclic amines) is 1. The topological polar surface area (TPSA) is 23.5 Å². The van der Waals surface area contributed by atoms with E-state index >= 15 is 0 Å². The Bertz CT molecular complexity index is 420. The minimum Gasteiger partial charge on any atom is -0.390 e. The first kappa shape index (κ1) is 13.4. The molecule has 4 heteroatoms. The largest absolute Gasteiger partial charge is 0.390 e. The predicted molar refractivity (Wildman–Crippen MR) is 66.1 cm³/mol. The molecule has 0 spiro atoms. The van der Waals surface area contributed by atoms with E-state index in [4.69, 9.17) is 0 Å². The third-order valence-electron chi connectivity index (χ3n) is 3.57. The molecular formula is C14H19F2NO. The lowest BCUT2D eigenvalue weighted by Crippen LogP contribution is -2.28. The van der Waals surface area contributed by atoms with Crippen LogP contribution in [0.15, 0.2) is 18.2 Å². The van der Waals surface area contributed by atoms with Crippen LogP contribution in [0.25, 0.3) is 0 Å². The maximum absolute atomic E-state index is 13.5. The van der Waals surface area contributed by atoms with Gasteiger partial charge in [-0.25, -0.2) is 8.78 Å². The van der Waals surface area contributed by atoms with Crippen LogP contribution < -0.4 is 0 Å². The maximum Gasteiger partial charge on any atom is 0.130 e. The molecule has 1 saturated heterocycles. The second-order valence-electron chi connectivity index (χ2n) is 5.36. The Labute approximate surface area is 106 Å². The molecule has 0 amide bonds. The van der Waals surface area contributed by atoms with Gasteiger partial charge < -0.3 is 5.11 Å². The van der Waals surface area contributed by atoms with Gasteiger partial charge in [-0.15, -0.1) is 0 Å². The van der Waals surface area contributed by atoms with E-state index in [9.17, 15) is 13.9 Å². The van der Waals surface area contributed by atoms with E-state index in [2.05, 4.69) is 4.90 Å². The highest BCUT2D eigenvalue weighted by atomic mass is 19.1. The van der Waals surface area contributed by atoms with Gasteiger partial charge in [0, 0.05) is 24.7 Å². The van der Waals surface area contributed by atoms with Crippen molar-refractivity contribution in [2.45, 2.75) is 38.3 Å². The molecule has 0 radical (unpaired) electrons. The van der Waals surface area contributed by atoms with Crippen LogP contribution in [-0.2, 0) is 6.54 Å². The highest BCUT2D eigenvalue weighted by Crippen LogP contribution is 2.23. The summed E-state index contributed by atoms with van der Waals surface area (Å²) in [5, 5.41) is 9.98. The smallest absolute Gasteiger partial charge is 0.130 e. The summed E-state index contributed by atoms with van der Waals surface area (Å²) < 4.78 is 26.3. The number of hydrogen-bond donors (Lipinski definition) is 1. The summed E-state index contributed by atoms with van der Waals surface area (Å²) in [6.07, 6.45) is 2.36. The van der Waals surface area contributed by atoms with E-state index in [0.29, 0.717) is 18.5 Å². The van der Waals surface area contributed by atoms with Gasteiger partial charge in [0.05, 0.1) is 5.60 Å². The molecule has 1 N–H and O–H groups in total. The SMILES string of the molecule is CC1(O)CCCN(Cc2ccc(F)cc2F)CC1. The summed E-state index contributed by atoms with van der Waals surface area (Å²) in [5.74, 6) is -1.04. The molecule has 1 aliphatic heterocycles. The van der Waals surface area contributed by atoms with Gasteiger partial charge in [-0.05, 0) is 38.8 Å². The van der Waals surface area contributed by atoms with E-state index in [0.717, 1.165) is 32.0 Å². The summed E-state index contributed by atoms with van der Waals surface area (Å²) in [5.41, 5.74) is -0.103. The Kier molecular flexibility index (Phi) is 3.97.